The van der Waals surface area contributed by atoms with Crippen LogP contribution in [0.15, 0.2) is 34.8 Å². The van der Waals surface area contributed by atoms with E-state index in [2.05, 4.69) is 21.2 Å². The van der Waals surface area contributed by atoms with Gasteiger partial charge in [0.1, 0.15) is 0 Å². The molecule has 0 saturated carbocycles. The molecule has 0 aliphatic rings. The molecular formula is C13H8BrF3N2O. The lowest BCUT2D eigenvalue weighted by Crippen LogP contribution is -2.15. The number of amides is 1. The van der Waals surface area contributed by atoms with Crippen molar-refractivity contribution in [3.63, 3.8) is 0 Å². The van der Waals surface area contributed by atoms with Gasteiger partial charge < -0.3 is 11.1 Å². The number of nitrogen functional groups attached to an aromatic ring is 1. The summed E-state index contributed by atoms with van der Waals surface area (Å²) < 4.78 is 39.8. The van der Waals surface area contributed by atoms with Gasteiger partial charge in [-0.2, -0.15) is 0 Å². The van der Waals surface area contributed by atoms with Crippen LogP contribution in [0.4, 0.5) is 24.5 Å². The smallest absolute Gasteiger partial charge is 0.258 e. The molecule has 7 heteroatoms. The third-order valence-electron chi connectivity index (χ3n) is 2.54. The number of halogens is 4. The van der Waals surface area contributed by atoms with E-state index in [1.807, 2.05) is 0 Å². The van der Waals surface area contributed by atoms with Gasteiger partial charge in [0.25, 0.3) is 5.91 Å². The summed E-state index contributed by atoms with van der Waals surface area (Å²) in [7, 11) is 0. The fraction of sp³-hybridized carbons (Fsp3) is 0. The third kappa shape index (κ3) is 2.77. The summed E-state index contributed by atoms with van der Waals surface area (Å²) in [5, 5.41) is 2.36. The number of carbonyl (C=O) groups is 1. The molecule has 104 valence electrons. The van der Waals surface area contributed by atoms with Crippen LogP contribution in [0, 0.1) is 17.5 Å². The summed E-state index contributed by atoms with van der Waals surface area (Å²) in [6, 6.07) is 6.09. The SMILES string of the molecule is Nc1ccc(NC(=O)c2ccc(F)c(F)c2F)cc1Br. The molecule has 0 aliphatic heterocycles. The standard InChI is InChI=1S/C13H8BrF3N2O/c14-8-5-6(1-4-10(8)18)19-13(20)7-2-3-9(15)12(17)11(7)16/h1-5H,18H2,(H,19,20). The number of anilines is 2. The highest BCUT2D eigenvalue weighted by atomic mass is 79.9. The highest BCUT2D eigenvalue weighted by Crippen LogP contribution is 2.24. The van der Waals surface area contributed by atoms with Crippen LogP contribution in [-0.2, 0) is 0 Å². The first-order valence-corrected chi connectivity index (χ1v) is 6.19. The highest BCUT2D eigenvalue weighted by molar-refractivity contribution is 9.10. The Balaban J connectivity index is 2.28. The van der Waals surface area contributed by atoms with E-state index < -0.39 is 28.9 Å². The molecule has 0 heterocycles. The summed E-state index contributed by atoms with van der Waals surface area (Å²) >= 11 is 3.17. The second kappa shape index (κ2) is 5.54. The maximum absolute atomic E-state index is 13.5. The van der Waals surface area contributed by atoms with E-state index in [0.29, 0.717) is 21.9 Å². The Morgan fingerprint density at radius 1 is 1.10 bits per heavy atom. The van der Waals surface area contributed by atoms with Crippen LogP contribution >= 0.6 is 15.9 Å². The van der Waals surface area contributed by atoms with Gasteiger partial charge in [0.2, 0.25) is 0 Å². The second-order valence-corrected chi connectivity index (χ2v) is 4.77. The quantitative estimate of drug-likeness (QED) is 0.644. The number of hydrogen-bond donors (Lipinski definition) is 2. The van der Waals surface area contributed by atoms with Crippen molar-refractivity contribution in [2.75, 3.05) is 11.1 Å². The van der Waals surface area contributed by atoms with Gasteiger partial charge in [0.15, 0.2) is 17.5 Å². The van der Waals surface area contributed by atoms with Gasteiger partial charge in [-0.3, -0.25) is 4.79 Å². The zero-order valence-electron chi connectivity index (χ0n) is 9.88. The van der Waals surface area contributed by atoms with Crippen molar-refractivity contribution in [3.8, 4) is 0 Å². The topological polar surface area (TPSA) is 55.1 Å². The van der Waals surface area contributed by atoms with Crippen LogP contribution in [0.2, 0.25) is 0 Å². The number of benzene rings is 2. The molecule has 0 saturated heterocycles. The summed E-state index contributed by atoms with van der Waals surface area (Å²) in [4.78, 5) is 11.8. The Morgan fingerprint density at radius 2 is 1.80 bits per heavy atom. The van der Waals surface area contributed by atoms with E-state index in [-0.39, 0.29) is 0 Å². The minimum absolute atomic E-state index is 0.334. The monoisotopic (exact) mass is 344 g/mol. The Kier molecular flexibility index (Phi) is 3.99. The van der Waals surface area contributed by atoms with E-state index in [0.717, 1.165) is 6.07 Å². The highest BCUT2D eigenvalue weighted by Gasteiger charge is 2.18. The molecule has 20 heavy (non-hydrogen) atoms. The fourth-order valence-corrected chi connectivity index (χ4v) is 1.88. The molecule has 0 spiro atoms. The summed E-state index contributed by atoms with van der Waals surface area (Å²) in [6.07, 6.45) is 0. The van der Waals surface area contributed by atoms with Crippen molar-refractivity contribution < 1.29 is 18.0 Å². The van der Waals surface area contributed by atoms with Crippen molar-refractivity contribution >= 4 is 33.2 Å². The van der Waals surface area contributed by atoms with Crippen LogP contribution < -0.4 is 11.1 Å². The van der Waals surface area contributed by atoms with Crippen molar-refractivity contribution in [1.29, 1.82) is 0 Å². The van der Waals surface area contributed by atoms with E-state index in [1.165, 1.54) is 18.2 Å². The number of carbonyl (C=O) groups excluding carboxylic acids is 1. The average molecular weight is 345 g/mol. The summed E-state index contributed by atoms with van der Waals surface area (Å²) in [5.74, 6) is -5.46. The predicted molar refractivity (Wildman–Crippen MR) is 72.8 cm³/mol. The van der Waals surface area contributed by atoms with Crippen molar-refractivity contribution in [3.05, 3.63) is 57.8 Å². The van der Waals surface area contributed by atoms with Gasteiger partial charge in [-0.1, -0.05) is 0 Å². The van der Waals surface area contributed by atoms with E-state index in [9.17, 15) is 18.0 Å². The Bertz CT molecular complexity index is 692. The van der Waals surface area contributed by atoms with Crippen molar-refractivity contribution in [1.82, 2.24) is 0 Å². The molecule has 0 atom stereocenters. The van der Waals surface area contributed by atoms with Gasteiger partial charge in [0, 0.05) is 15.8 Å². The number of hydrogen-bond acceptors (Lipinski definition) is 2. The first-order chi connectivity index (χ1) is 9.40. The number of nitrogens with two attached hydrogens (primary N) is 1. The van der Waals surface area contributed by atoms with Gasteiger partial charge in [-0.25, -0.2) is 13.2 Å². The van der Waals surface area contributed by atoms with E-state index in [4.69, 9.17) is 5.73 Å². The van der Waals surface area contributed by atoms with Gasteiger partial charge in [0.05, 0.1) is 5.56 Å². The van der Waals surface area contributed by atoms with Crippen LogP contribution in [-0.4, -0.2) is 5.91 Å². The zero-order chi connectivity index (χ0) is 14.9. The van der Waals surface area contributed by atoms with Crippen LogP contribution in [0.5, 0.6) is 0 Å². The Labute approximate surface area is 120 Å². The number of rotatable bonds is 2. The maximum atomic E-state index is 13.5. The zero-order valence-corrected chi connectivity index (χ0v) is 11.5. The third-order valence-corrected chi connectivity index (χ3v) is 3.22. The molecule has 3 N–H and O–H groups in total. The van der Waals surface area contributed by atoms with Gasteiger partial charge in [-0.05, 0) is 46.3 Å². The van der Waals surface area contributed by atoms with Crippen molar-refractivity contribution in [2.45, 2.75) is 0 Å². The Morgan fingerprint density at radius 3 is 2.45 bits per heavy atom. The molecule has 0 bridgehead atoms. The minimum Gasteiger partial charge on any atom is -0.398 e. The maximum Gasteiger partial charge on any atom is 0.258 e. The van der Waals surface area contributed by atoms with Crippen molar-refractivity contribution in [2.24, 2.45) is 0 Å². The second-order valence-electron chi connectivity index (χ2n) is 3.91. The van der Waals surface area contributed by atoms with E-state index >= 15 is 0 Å². The van der Waals surface area contributed by atoms with Crippen LogP contribution in [0.3, 0.4) is 0 Å². The molecule has 0 fully saturated rings. The molecule has 2 aromatic carbocycles. The predicted octanol–water partition coefficient (Wildman–Crippen LogP) is 3.70. The molecule has 0 radical (unpaired) electrons. The van der Waals surface area contributed by atoms with Gasteiger partial charge in [-0.15, -0.1) is 0 Å². The first-order valence-electron chi connectivity index (χ1n) is 5.40. The molecule has 0 aromatic heterocycles. The lowest BCUT2D eigenvalue weighted by Gasteiger charge is -2.08. The lowest BCUT2D eigenvalue weighted by molar-refractivity contribution is 0.102. The molecule has 2 aromatic rings. The molecular weight excluding hydrogens is 337 g/mol. The number of nitrogens with one attached hydrogen (secondary N) is 1. The first kappa shape index (κ1) is 14.4. The normalized spacial score (nSPS) is 10.4. The fourth-order valence-electron chi connectivity index (χ4n) is 1.50. The van der Waals surface area contributed by atoms with Crippen LogP contribution in [0.1, 0.15) is 10.4 Å². The Hall–Kier alpha value is -2.02. The molecule has 0 unspecified atom stereocenters. The largest absolute Gasteiger partial charge is 0.398 e. The van der Waals surface area contributed by atoms with Crippen LogP contribution in [0.25, 0.3) is 0 Å². The molecule has 0 aliphatic carbocycles. The lowest BCUT2D eigenvalue weighted by atomic mass is 10.1. The average Bonchev–Trinajstić information content (AvgIpc) is 2.40. The molecule has 1 amide bonds. The van der Waals surface area contributed by atoms with E-state index in [1.54, 1.807) is 0 Å². The minimum atomic E-state index is -1.68. The summed E-state index contributed by atoms with van der Waals surface area (Å²) in [6.45, 7) is 0. The van der Waals surface area contributed by atoms with Gasteiger partial charge >= 0.3 is 0 Å². The molecule has 2 rings (SSSR count). The summed E-state index contributed by atoms with van der Waals surface area (Å²) in [5.41, 5.74) is 5.79. The molecule has 3 nitrogen and oxygen atoms in total.